The SMILES string of the molecule is CCCC(CC)N1CC(CC(=O)O)C1. The van der Waals surface area contributed by atoms with Crippen LogP contribution < -0.4 is 0 Å². The molecule has 14 heavy (non-hydrogen) atoms. The van der Waals surface area contributed by atoms with E-state index >= 15 is 0 Å². The standard InChI is InChI=1S/C11H21NO2/c1-3-5-10(4-2)12-7-9(8-12)6-11(13)14/h9-10H,3-8H2,1-2H3,(H,13,14). The van der Waals surface area contributed by atoms with Crippen LogP contribution in [0.25, 0.3) is 0 Å². The summed E-state index contributed by atoms with van der Waals surface area (Å²) >= 11 is 0. The highest BCUT2D eigenvalue weighted by atomic mass is 16.4. The number of likely N-dealkylation sites (tertiary alicyclic amines) is 1. The molecule has 0 aromatic heterocycles. The van der Waals surface area contributed by atoms with Crippen LogP contribution in [0.15, 0.2) is 0 Å². The van der Waals surface area contributed by atoms with Crippen LogP contribution in [0.5, 0.6) is 0 Å². The van der Waals surface area contributed by atoms with Crippen LogP contribution in [-0.4, -0.2) is 35.1 Å². The maximum atomic E-state index is 10.5. The number of hydrogen-bond donors (Lipinski definition) is 1. The van der Waals surface area contributed by atoms with Crippen LogP contribution in [0.1, 0.15) is 39.5 Å². The Balaban J connectivity index is 2.21. The molecule has 1 heterocycles. The molecule has 0 bridgehead atoms. The van der Waals surface area contributed by atoms with Gasteiger partial charge in [-0.25, -0.2) is 0 Å². The monoisotopic (exact) mass is 199 g/mol. The van der Waals surface area contributed by atoms with E-state index in [1.165, 1.54) is 19.3 Å². The molecule has 1 fully saturated rings. The summed E-state index contributed by atoms with van der Waals surface area (Å²) in [7, 11) is 0. The summed E-state index contributed by atoms with van der Waals surface area (Å²) in [6.45, 7) is 6.40. The Morgan fingerprint density at radius 1 is 1.50 bits per heavy atom. The Morgan fingerprint density at radius 2 is 2.14 bits per heavy atom. The first-order valence-corrected chi connectivity index (χ1v) is 5.63. The molecule has 1 saturated heterocycles. The lowest BCUT2D eigenvalue weighted by molar-refractivity contribution is -0.139. The largest absolute Gasteiger partial charge is 0.481 e. The Kier molecular flexibility index (Phi) is 4.39. The normalized spacial score (nSPS) is 20.4. The van der Waals surface area contributed by atoms with Gasteiger partial charge in [-0.2, -0.15) is 0 Å². The van der Waals surface area contributed by atoms with Crippen molar-refractivity contribution in [3.05, 3.63) is 0 Å². The van der Waals surface area contributed by atoms with Crippen LogP contribution in [0.4, 0.5) is 0 Å². The Labute approximate surface area is 86.1 Å². The van der Waals surface area contributed by atoms with Crippen molar-refractivity contribution in [3.63, 3.8) is 0 Å². The van der Waals surface area contributed by atoms with Gasteiger partial charge in [-0.3, -0.25) is 9.69 Å². The van der Waals surface area contributed by atoms with Gasteiger partial charge in [0.2, 0.25) is 0 Å². The number of aliphatic carboxylic acids is 1. The Hall–Kier alpha value is -0.570. The van der Waals surface area contributed by atoms with Crippen molar-refractivity contribution in [2.75, 3.05) is 13.1 Å². The van der Waals surface area contributed by atoms with Gasteiger partial charge in [-0.05, 0) is 18.8 Å². The van der Waals surface area contributed by atoms with Crippen LogP contribution in [0, 0.1) is 5.92 Å². The summed E-state index contributed by atoms with van der Waals surface area (Å²) in [6, 6.07) is 0.685. The van der Waals surface area contributed by atoms with Crippen molar-refractivity contribution in [2.24, 2.45) is 5.92 Å². The van der Waals surface area contributed by atoms with Crippen molar-refractivity contribution in [3.8, 4) is 0 Å². The van der Waals surface area contributed by atoms with E-state index < -0.39 is 5.97 Å². The minimum Gasteiger partial charge on any atom is -0.481 e. The molecule has 1 unspecified atom stereocenters. The molecule has 0 radical (unpaired) electrons. The van der Waals surface area contributed by atoms with Gasteiger partial charge in [0.15, 0.2) is 0 Å². The summed E-state index contributed by atoms with van der Waals surface area (Å²) in [5, 5.41) is 8.62. The van der Waals surface area contributed by atoms with Crippen molar-refractivity contribution in [2.45, 2.75) is 45.6 Å². The van der Waals surface area contributed by atoms with E-state index in [0.29, 0.717) is 18.4 Å². The lowest BCUT2D eigenvalue weighted by atomic mass is 9.92. The molecular formula is C11H21NO2. The van der Waals surface area contributed by atoms with Gasteiger partial charge < -0.3 is 5.11 Å². The van der Waals surface area contributed by atoms with Gasteiger partial charge in [0.1, 0.15) is 0 Å². The first-order chi connectivity index (χ1) is 6.67. The third kappa shape index (κ3) is 2.98. The summed E-state index contributed by atoms with van der Waals surface area (Å²) in [5.41, 5.74) is 0. The molecule has 0 aromatic carbocycles. The smallest absolute Gasteiger partial charge is 0.303 e. The quantitative estimate of drug-likeness (QED) is 0.711. The van der Waals surface area contributed by atoms with E-state index in [1.807, 2.05) is 0 Å². The van der Waals surface area contributed by atoms with Gasteiger partial charge in [0, 0.05) is 19.1 Å². The first kappa shape index (κ1) is 11.5. The molecule has 0 amide bonds. The van der Waals surface area contributed by atoms with Crippen molar-refractivity contribution in [1.29, 1.82) is 0 Å². The first-order valence-electron chi connectivity index (χ1n) is 5.63. The lowest BCUT2D eigenvalue weighted by Crippen LogP contribution is -2.52. The maximum Gasteiger partial charge on any atom is 0.303 e. The topological polar surface area (TPSA) is 40.5 Å². The molecule has 3 nitrogen and oxygen atoms in total. The minimum absolute atomic E-state index is 0.346. The zero-order chi connectivity index (χ0) is 10.6. The van der Waals surface area contributed by atoms with Gasteiger partial charge >= 0.3 is 5.97 Å². The van der Waals surface area contributed by atoms with E-state index in [2.05, 4.69) is 18.7 Å². The van der Waals surface area contributed by atoms with Crippen molar-refractivity contribution in [1.82, 2.24) is 4.90 Å². The molecule has 0 aromatic rings. The Morgan fingerprint density at radius 3 is 2.57 bits per heavy atom. The number of nitrogens with zero attached hydrogens (tertiary/aromatic N) is 1. The lowest BCUT2D eigenvalue weighted by Gasteiger charge is -2.43. The zero-order valence-electron chi connectivity index (χ0n) is 9.20. The van der Waals surface area contributed by atoms with Crippen LogP contribution in [-0.2, 0) is 4.79 Å². The molecule has 0 saturated carbocycles. The predicted molar refractivity (Wildman–Crippen MR) is 56.3 cm³/mol. The Bertz CT molecular complexity index is 188. The summed E-state index contributed by atoms with van der Waals surface area (Å²) in [5.74, 6) is -0.253. The highest BCUT2D eigenvalue weighted by molar-refractivity contribution is 5.67. The molecule has 1 N–H and O–H groups in total. The average molecular weight is 199 g/mol. The maximum absolute atomic E-state index is 10.5. The predicted octanol–water partition coefficient (Wildman–Crippen LogP) is 1.97. The van der Waals surface area contributed by atoms with Crippen LogP contribution in [0.2, 0.25) is 0 Å². The second kappa shape index (κ2) is 5.35. The second-order valence-electron chi connectivity index (χ2n) is 4.27. The van der Waals surface area contributed by atoms with E-state index in [-0.39, 0.29) is 0 Å². The highest BCUT2D eigenvalue weighted by Crippen LogP contribution is 2.24. The third-order valence-corrected chi connectivity index (χ3v) is 3.06. The molecule has 0 aliphatic carbocycles. The molecule has 1 rings (SSSR count). The molecule has 1 atom stereocenters. The highest BCUT2D eigenvalue weighted by Gasteiger charge is 2.32. The van der Waals surface area contributed by atoms with E-state index in [9.17, 15) is 4.79 Å². The summed E-state index contributed by atoms with van der Waals surface area (Å²) in [6.07, 6.45) is 4.00. The zero-order valence-corrected chi connectivity index (χ0v) is 9.20. The van der Waals surface area contributed by atoms with Crippen LogP contribution in [0.3, 0.4) is 0 Å². The fourth-order valence-electron chi connectivity index (χ4n) is 2.26. The van der Waals surface area contributed by atoms with Gasteiger partial charge in [0.05, 0.1) is 6.42 Å². The van der Waals surface area contributed by atoms with Crippen molar-refractivity contribution < 1.29 is 9.90 Å². The fourth-order valence-corrected chi connectivity index (χ4v) is 2.26. The molecule has 1 aliphatic heterocycles. The molecule has 1 aliphatic rings. The third-order valence-electron chi connectivity index (χ3n) is 3.06. The molecule has 82 valence electrons. The molecule has 0 spiro atoms. The van der Waals surface area contributed by atoms with Gasteiger partial charge in [-0.1, -0.05) is 20.3 Å². The fraction of sp³-hybridized carbons (Fsp3) is 0.909. The summed E-state index contributed by atoms with van der Waals surface area (Å²) in [4.78, 5) is 12.9. The van der Waals surface area contributed by atoms with Crippen molar-refractivity contribution >= 4 is 5.97 Å². The molecule has 3 heteroatoms. The minimum atomic E-state index is -0.654. The molecular weight excluding hydrogens is 178 g/mol. The second-order valence-corrected chi connectivity index (χ2v) is 4.27. The number of rotatable bonds is 6. The number of carboxylic acids is 1. The van der Waals surface area contributed by atoms with Crippen LogP contribution >= 0.6 is 0 Å². The summed E-state index contributed by atoms with van der Waals surface area (Å²) < 4.78 is 0. The van der Waals surface area contributed by atoms with E-state index in [1.54, 1.807) is 0 Å². The van der Waals surface area contributed by atoms with Gasteiger partial charge in [-0.15, -0.1) is 0 Å². The van der Waals surface area contributed by atoms with E-state index in [4.69, 9.17) is 5.11 Å². The average Bonchev–Trinajstić information content (AvgIpc) is 2.07. The number of carboxylic acid groups (broad SMARTS) is 1. The number of hydrogen-bond acceptors (Lipinski definition) is 2. The number of carbonyl (C=O) groups is 1. The van der Waals surface area contributed by atoms with Gasteiger partial charge in [0.25, 0.3) is 0 Å². The van der Waals surface area contributed by atoms with E-state index in [0.717, 1.165) is 13.1 Å².